The molecule has 3 aliphatic rings. The minimum absolute atomic E-state index is 0.150. The number of benzene rings is 1. The number of nitrogens with one attached hydrogen (secondary N) is 2. The summed E-state index contributed by atoms with van der Waals surface area (Å²) in [5, 5.41) is 2.74. The van der Waals surface area contributed by atoms with E-state index in [-0.39, 0.29) is 5.91 Å². The second-order valence-corrected chi connectivity index (χ2v) is 10.2. The van der Waals surface area contributed by atoms with E-state index < -0.39 is 11.7 Å². The first-order valence-corrected chi connectivity index (χ1v) is 12.9. The van der Waals surface area contributed by atoms with E-state index in [1.54, 1.807) is 12.6 Å². The van der Waals surface area contributed by atoms with Gasteiger partial charge in [0, 0.05) is 13.5 Å². The summed E-state index contributed by atoms with van der Waals surface area (Å²) in [6, 6.07) is 3.63. The number of allylic oxidation sites excluding steroid dienone is 8. The lowest BCUT2D eigenvalue weighted by atomic mass is 9.74. The maximum atomic E-state index is 13.0. The van der Waals surface area contributed by atoms with Gasteiger partial charge in [0.25, 0.3) is 0 Å². The van der Waals surface area contributed by atoms with E-state index in [0.29, 0.717) is 35.1 Å². The summed E-state index contributed by atoms with van der Waals surface area (Å²) in [5.74, 6) is 1.95. The molecule has 1 aromatic heterocycles. The molecule has 1 fully saturated rings. The smallest absolute Gasteiger partial charge is 0.359 e. The number of imidazole rings is 1. The van der Waals surface area contributed by atoms with Crippen LogP contribution in [-0.4, -0.2) is 22.9 Å². The third-order valence-electron chi connectivity index (χ3n) is 7.98. The molecule has 36 heavy (non-hydrogen) atoms. The third-order valence-corrected chi connectivity index (χ3v) is 7.98. The Morgan fingerprint density at radius 2 is 1.64 bits per heavy atom. The summed E-state index contributed by atoms with van der Waals surface area (Å²) >= 11 is 0. The third kappa shape index (κ3) is 5.35. The molecule has 0 radical (unpaired) electrons. The number of aromatic nitrogens is 2. The van der Waals surface area contributed by atoms with E-state index in [4.69, 9.17) is 0 Å². The largest absolute Gasteiger partial charge is 0.416 e. The number of rotatable bonds is 5. The van der Waals surface area contributed by atoms with Gasteiger partial charge < -0.3 is 10.3 Å². The highest BCUT2D eigenvalue weighted by Gasteiger charge is 2.31. The Morgan fingerprint density at radius 3 is 2.25 bits per heavy atom. The number of carbonyl (C=O) groups excluding carboxylic acids is 1. The minimum Gasteiger partial charge on any atom is -0.359 e. The number of amides is 1. The van der Waals surface area contributed by atoms with Crippen molar-refractivity contribution in [2.24, 2.45) is 11.8 Å². The molecular weight excluding hydrogens is 463 g/mol. The van der Waals surface area contributed by atoms with Gasteiger partial charge in [0.05, 0.1) is 16.6 Å². The molecule has 2 N–H and O–H groups in total. The number of hydrogen-bond donors (Lipinski definition) is 2. The molecule has 1 amide bonds. The molecule has 1 saturated carbocycles. The summed E-state index contributed by atoms with van der Waals surface area (Å²) in [4.78, 5) is 19.2. The summed E-state index contributed by atoms with van der Waals surface area (Å²) in [5.41, 5.74) is 5.56. The van der Waals surface area contributed by atoms with Crippen molar-refractivity contribution in [3.05, 3.63) is 70.6 Å². The molecular formula is C29H32F3N3O. The molecule has 2 aromatic rings. The highest BCUT2D eigenvalue weighted by atomic mass is 19.4. The van der Waals surface area contributed by atoms with Gasteiger partial charge in [0.1, 0.15) is 5.82 Å². The van der Waals surface area contributed by atoms with Crippen LogP contribution in [0.3, 0.4) is 0 Å². The van der Waals surface area contributed by atoms with Crippen molar-refractivity contribution in [2.45, 2.75) is 64.0 Å². The normalized spacial score (nSPS) is 23.0. The van der Waals surface area contributed by atoms with Gasteiger partial charge in [-0.2, -0.15) is 13.2 Å². The van der Waals surface area contributed by atoms with Gasteiger partial charge in [-0.05, 0) is 98.1 Å². The second kappa shape index (κ2) is 10.1. The van der Waals surface area contributed by atoms with Crippen LogP contribution in [-0.2, 0) is 11.0 Å². The fourth-order valence-electron chi connectivity index (χ4n) is 5.80. The average molecular weight is 496 g/mol. The van der Waals surface area contributed by atoms with Gasteiger partial charge >= 0.3 is 6.18 Å². The maximum Gasteiger partial charge on any atom is 0.416 e. The zero-order valence-electron chi connectivity index (χ0n) is 20.5. The average Bonchev–Trinajstić information content (AvgIpc) is 3.32. The highest BCUT2D eigenvalue weighted by Crippen LogP contribution is 2.40. The Kier molecular flexibility index (Phi) is 6.91. The lowest BCUT2D eigenvalue weighted by Gasteiger charge is -2.31. The standard InChI is InChI=1S/C29H32F3N3O/c1-33-27(36)16-18-2-4-19(5-3-18)20-6-8-21(9-7-20)22-10-12-23(13-11-22)28-34-25-15-14-24(29(30,31)32)17-26(25)35-28/h6,8,10,12,14-15,17-19H,2-5,7,9,11,13,16H2,1H3,(H,33,36)(H,34,35). The first kappa shape index (κ1) is 24.6. The molecule has 0 atom stereocenters. The number of alkyl halides is 3. The van der Waals surface area contributed by atoms with Crippen molar-refractivity contribution in [1.29, 1.82) is 0 Å². The van der Waals surface area contributed by atoms with E-state index in [0.717, 1.165) is 56.2 Å². The van der Waals surface area contributed by atoms with Crippen molar-refractivity contribution in [2.75, 3.05) is 7.05 Å². The lowest BCUT2D eigenvalue weighted by molar-refractivity contribution is -0.137. The van der Waals surface area contributed by atoms with Crippen LogP contribution in [0.5, 0.6) is 0 Å². The first-order valence-electron chi connectivity index (χ1n) is 12.9. The van der Waals surface area contributed by atoms with E-state index in [9.17, 15) is 18.0 Å². The fourth-order valence-corrected chi connectivity index (χ4v) is 5.80. The molecule has 0 unspecified atom stereocenters. The van der Waals surface area contributed by atoms with Crippen molar-refractivity contribution in [1.82, 2.24) is 15.3 Å². The van der Waals surface area contributed by atoms with Crippen molar-refractivity contribution >= 4 is 22.5 Å². The van der Waals surface area contributed by atoms with Crippen LogP contribution in [0.1, 0.15) is 69.2 Å². The number of fused-ring (bicyclic) bond motifs is 1. The summed E-state index contributed by atoms with van der Waals surface area (Å²) in [7, 11) is 1.71. The Bertz CT molecular complexity index is 1270. The molecule has 0 spiro atoms. The summed E-state index contributed by atoms with van der Waals surface area (Å²) in [6.07, 6.45) is 13.5. The SMILES string of the molecule is CNC(=O)CC1CCC(C2=CC=C(C3=CC=C(c4nc5ccc(C(F)(F)F)cc5[nH]4)CC3)CC2)CC1. The van der Waals surface area contributed by atoms with Crippen LogP contribution in [0.2, 0.25) is 0 Å². The molecule has 1 aromatic carbocycles. The van der Waals surface area contributed by atoms with Crippen LogP contribution in [0, 0.1) is 11.8 Å². The van der Waals surface area contributed by atoms with Crippen LogP contribution in [0.4, 0.5) is 13.2 Å². The molecule has 0 saturated heterocycles. The van der Waals surface area contributed by atoms with Crippen molar-refractivity contribution in [3.63, 3.8) is 0 Å². The Labute approximate surface area is 209 Å². The van der Waals surface area contributed by atoms with Crippen LogP contribution < -0.4 is 5.32 Å². The van der Waals surface area contributed by atoms with Gasteiger partial charge in [-0.25, -0.2) is 4.98 Å². The fraction of sp³-hybridized carbons (Fsp3) is 0.448. The number of nitrogens with zero attached hydrogens (tertiary/aromatic N) is 1. The number of H-pyrrole nitrogens is 1. The number of halogens is 3. The van der Waals surface area contributed by atoms with E-state index in [1.807, 2.05) is 0 Å². The number of hydrogen-bond acceptors (Lipinski definition) is 2. The zero-order valence-corrected chi connectivity index (χ0v) is 20.5. The highest BCUT2D eigenvalue weighted by molar-refractivity contribution is 5.80. The van der Waals surface area contributed by atoms with Crippen molar-refractivity contribution in [3.8, 4) is 0 Å². The Morgan fingerprint density at radius 1 is 0.972 bits per heavy atom. The lowest BCUT2D eigenvalue weighted by Crippen LogP contribution is -2.24. The molecule has 1 heterocycles. The van der Waals surface area contributed by atoms with E-state index in [1.165, 1.54) is 30.1 Å². The minimum atomic E-state index is -4.37. The van der Waals surface area contributed by atoms with Crippen LogP contribution >= 0.6 is 0 Å². The number of carbonyl (C=O) groups is 1. The Balaban J connectivity index is 1.23. The van der Waals surface area contributed by atoms with Crippen LogP contribution in [0.15, 0.2) is 59.2 Å². The van der Waals surface area contributed by atoms with Crippen molar-refractivity contribution < 1.29 is 18.0 Å². The zero-order chi connectivity index (χ0) is 25.3. The van der Waals surface area contributed by atoms with Crippen LogP contribution in [0.25, 0.3) is 16.6 Å². The monoisotopic (exact) mass is 495 g/mol. The molecule has 4 nitrogen and oxygen atoms in total. The van der Waals surface area contributed by atoms with E-state index in [2.05, 4.69) is 39.6 Å². The quantitative estimate of drug-likeness (QED) is 0.458. The van der Waals surface area contributed by atoms with Gasteiger partial charge in [-0.15, -0.1) is 0 Å². The van der Waals surface area contributed by atoms with Gasteiger partial charge in [0.15, 0.2) is 0 Å². The first-order chi connectivity index (χ1) is 17.3. The predicted molar refractivity (Wildman–Crippen MR) is 136 cm³/mol. The molecule has 0 aliphatic heterocycles. The molecule has 5 rings (SSSR count). The molecule has 190 valence electrons. The predicted octanol–water partition coefficient (Wildman–Crippen LogP) is 7.27. The van der Waals surface area contributed by atoms with Gasteiger partial charge in [0.2, 0.25) is 5.91 Å². The maximum absolute atomic E-state index is 13.0. The van der Waals surface area contributed by atoms with Gasteiger partial charge in [-0.3, -0.25) is 4.79 Å². The summed E-state index contributed by atoms with van der Waals surface area (Å²) in [6.45, 7) is 0. The van der Waals surface area contributed by atoms with Gasteiger partial charge in [-0.1, -0.05) is 29.9 Å². The second-order valence-electron chi connectivity index (χ2n) is 10.2. The Hall–Kier alpha value is -3.09. The summed E-state index contributed by atoms with van der Waals surface area (Å²) < 4.78 is 39.1. The number of aromatic amines is 1. The molecule has 7 heteroatoms. The molecule has 0 bridgehead atoms. The van der Waals surface area contributed by atoms with E-state index >= 15 is 0 Å². The molecule has 3 aliphatic carbocycles. The topological polar surface area (TPSA) is 57.8 Å².